The fourth-order valence-electron chi connectivity index (χ4n) is 1.35. The number of allylic oxidation sites excluding steroid dienone is 1. The molecule has 0 atom stereocenters. The number of Topliss-reactive ketones (excluding diaryl/α,β-unsaturated/α-hetero) is 1. The minimum atomic E-state index is 0.0277. The monoisotopic (exact) mass is 204 g/mol. The van der Waals surface area contributed by atoms with Gasteiger partial charge >= 0.3 is 0 Å². The van der Waals surface area contributed by atoms with E-state index in [4.69, 9.17) is 0 Å². The molecule has 0 bridgehead atoms. The van der Waals surface area contributed by atoms with Crippen LogP contribution in [0.15, 0.2) is 30.2 Å². The van der Waals surface area contributed by atoms with Crippen LogP contribution in [0.1, 0.15) is 22.8 Å². The molecule has 80 valence electrons. The minimum absolute atomic E-state index is 0.0277. The zero-order valence-electron chi connectivity index (χ0n) is 9.61. The van der Waals surface area contributed by atoms with E-state index >= 15 is 0 Å². The molecule has 3 nitrogen and oxygen atoms in total. The molecule has 0 fully saturated rings. The van der Waals surface area contributed by atoms with E-state index in [9.17, 15) is 4.79 Å². The van der Waals surface area contributed by atoms with Gasteiger partial charge in [-0.25, -0.2) is 0 Å². The van der Waals surface area contributed by atoms with Gasteiger partial charge in [0.15, 0.2) is 5.78 Å². The summed E-state index contributed by atoms with van der Waals surface area (Å²) in [5.41, 5.74) is 2.36. The van der Waals surface area contributed by atoms with Gasteiger partial charge in [-0.15, -0.1) is 0 Å². The van der Waals surface area contributed by atoms with Gasteiger partial charge in [-0.3, -0.25) is 9.78 Å². The largest absolute Gasteiger partial charge is 0.383 e. The second-order valence-electron chi connectivity index (χ2n) is 3.86. The van der Waals surface area contributed by atoms with Crippen LogP contribution in [0.2, 0.25) is 0 Å². The number of hydrogen-bond acceptors (Lipinski definition) is 3. The lowest BCUT2D eigenvalue weighted by Gasteiger charge is -2.07. The van der Waals surface area contributed by atoms with Gasteiger partial charge < -0.3 is 4.90 Å². The van der Waals surface area contributed by atoms with Crippen LogP contribution in [0.3, 0.4) is 0 Å². The highest BCUT2D eigenvalue weighted by Gasteiger charge is 2.08. The Kier molecular flexibility index (Phi) is 3.61. The highest BCUT2D eigenvalue weighted by Crippen LogP contribution is 2.08. The number of ketones is 1. The number of pyridine rings is 1. The molecule has 0 aliphatic heterocycles. The van der Waals surface area contributed by atoms with Crippen molar-refractivity contribution in [1.29, 1.82) is 0 Å². The van der Waals surface area contributed by atoms with Crippen molar-refractivity contribution in [3.05, 3.63) is 41.4 Å². The zero-order valence-corrected chi connectivity index (χ0v) is 9.61. The fraction of sp³-hybridized carbons (Fsp3) is 0.333. The summed E-state index contributed by atoms with van der Waals surface area (Å²) >= 11 is 0. The van der Waals surface area contributed by atoms with Crippen molar-refractivity contribution in [2.45, 2.75) is 13.8 Å². The molecule has 1 rings (SSSR count). The molecule has 3 heteroatoms. The van der Waals surface area contributed by atoms with Crippen LogP contribution in [-0.4, -0.2) is 29.8 Å². The van der Waals surface area contributed by atoms with Gasteiger partial charge in [0.2, 0.25) is 0 Å². The minimum Gasteiger partial charge on any atom is -0.383 e. The number of carbonyl (C=O) groups is 1. The van der Waals surface area contributed by atoms with Gasteiger partial charge in [0.25, 0.3) is 0 Å². The number of hydrogen-bond donors (Lipinski definition) is 0. The predicted molar refractivity (Wildman–Crippen MR) is 60.7 cm³/mol. The Hall–Kier alpha value is -1.64. The second-order valence-corrected chi connectivity index (χ2v) is 3.86. The highest BCUT2D eigenvalue weighted by atomic mass is 16.1. The Balaban J connectivity index is 2.95. The maximum atomic E-state index is 11.9. The van der Waals surface area contributed by atoms with E-state index < -0.39 is 0 Å². The van der Waals surface area contributed by atoms with Crippen molar-refractivity contribution in [2.75, 3.05) is 14.1 Å². The summed E-state index contributed by atoms with van der Waals surface area (Å²) in [6.45, 7) is 3.74. The van der Waals surface area contributed by atoms with Crippen LogP contribution in [-0.2, 0) is 0 Å². The van der Waals surface area contributed by atoms with Crippen molar-refractivity contribution in [3.8, 4) is 0 Å². The molecule has 0 radical (unpaired) electrons. The van der Waals surface area contributed by atoms with Gasteiger partial charge in [-0.2, -0.15) is 0 Å². The molecule has 1 aromatic rings. The molecule has 0 saturated heterocycles. The topological polar surface area (TPSA) is 33.2 Å². The Morgan fingerprint density at radius 1 is 1.40 bits per heavy atom. The second kappa shape index (κ2) is 4.73. The quantitative estimate of drug-likeness (QED) is 0.558. The first kappa shape index (κ1) is 11.4. The van der Waals surface area contributed by atoms with E-state index in [1.54, 1.807) is 12.4 Å². The summed E-state index contributed by atoms with van der Waals surface area (Å²) in [7, 11) is 3.79. The summed E-state index contributed by atoms with van der Waals surface area (Å²) in [6.07, 6.45) is 5.15. The average Bonchev–Trinajstić information content (AvgIpc) is 2.15. The number of nitrogens with zero attached hydrogens (tertiary/aromatic N) is 2. The molecule has 0 aliphatic rings. The zero-order chi connectivity index (χ0) is 11.4. The summed E-state index contributed by atoms with van der Waals surface area (Å²) in [5.74, 6) is 0.0277. The van der Waals surface area contributed by atoms with Crippen molar-refractivity contribution >= 4 is 5.78 Å². The van der Waals surface area contributed by atoms with Crippen molar-refractivity contribution in [1.82, 2.24) is 9.88 Å². The van der Waals surface area contributed by atoms with Crippen LogP contribution in [0.25, 0.3) is 0 Å². The van der Waals surface area contributed by atoms with Crippen molar-refractivity contribution in [3.63, 3.8) is 0 Å². The summed E-state index contributed by atoms with van der Waals surface area (Å²) in [6, 6.07) is 1.85. The van der Waals surface area contributed by atoms with E-state index in [2.05, 4.69) is 4.98 Å². The van der Waals surface area contributed by atoms with E-state index in [-0.39, 0.29) is 5.78 Å². The molecule has 15 heavy (non-hydrogen) atoms. The van der Waals surface area contributed by atoms with Gasteiger partial charge in [-0.05, 0) is 25.5 Å². The van der Waals surface area contributed by atoms with E-state index in [1.165, 1.54) is 0 Å². The normalized spacial score (nSPS) is 11.3. The van der Waals surface area contributed by atoms with Crippen LogP contribution in [0.4, 0.5) is 0 Å². The van der Waals surface area contributed by atoms with E-state index in [1.807, 2.05) is 45.1 Å². The van der Waals surface area contributed by atoms with Crippen molar-refractivity contribution < 1.29 is 4.79 Å². The van der Waals surface area contributed by atoms with Gasteiger partial charge in [0, 0.05) is 43.8 Å². The third kappa shape index (κ3) is 3.20. The lowest BCUT2D eigenvalue weighted by molar-refractivity contribution is 0.103. The number of carbonyl (C=O) groups excluding carboxylic acids is 1. The first-order valence-corrected chi connectivity index (χ1v) is 4.82. The third-order valence-corrected chi connectivity index (χ3v) is 1.95. The average molecular weight is 204 g/mol. The lowest BCUT2D eigenvalue weighted by Crippen LogP contribution is -2.08. The smallest absolute Gasteiger partial charge is 0.191 e. The van der Waals surface area contributed by atoms with Crippen LogP contribution < -0.4 is 0 Å². The number of aryl methyl sites for hydroxylation is 1. The first-order valence-electron chi connectivity index (χ1n) is 4.82. The fourth-order valence-corrected chi connectivity index (χ4v) is 1.35. The molecule has 0 aliphatic carbocycles. The van der Waals surface area contributed by atoms with Crippen LogP contribution in [0, 0.1) is 6.92 Å². The first-order chi connectivity index (χ1) is 7.00. The van der Waals surface area contributed by atoms with Crippen LogP contribution in [0.5, 0.6) is 0 Å². The lowest BCUT2D eigenvalue weighted by atomic mass is 10.1. The van der Waals surface area contributed by atoms with Crippen LogP contribution >= 0.6 is 0 Å². The Morgan fingerprint density at radius 2 is 2.07 bits per heavy atom. The summed E-state index contributed by atoms with van der Waals surface area (Å²) in [5, 5.41) is 0. The van der Waals surface area contributed by atoms with Crippen molar-refractivity contribution in [2.24, 2.45) is 0 Å². The molecule has 0 saturated carbocycles. The van der Waals surface area contributed by atoms with Gasteiger partial charge in [0.1, 0.15) is 0 Å². The molecule has 0 unspecified atom stereocenters. The number of aromatic nitrogens is 1. The van der Waals surface area contributed by atoms with E-state index in [0.29, 0.717) is 11.1 Å². The van der Waals surface area contributed by atoms with E-state index in [0.717, 1.165) is 5.56 Å². The standard InChI is InChI=1S/C12H16N2O/c1-9-5-11(7-13-6-9)12(15)10(2)8-14(3)4/h5-8H,1-4H3/b10-8+. The molecule has 0 aromatic carbocycles. The third-order valence-electron chi connectivity index (χ3n) is 1.95. The van der Waals surface area contributed by atoms with Gasteiger partial charge in [-0.1, -0.05) is 0 Å². The maximum absolute atomic E-state index is 11.9. The Labute approximate surface area is 90.4 Å². The SMILES string of the molecule is C/C(=C\N(C)C)C(=O)c1cncc(C)c1. The molecule has 0 spiro atoms. The highest BCUT2D eigenvalue weighted by molar-refractivity contribution is 6.08. The molecule has 1 heterocycles. The molecule has 0 amide bonds. The number of rotatable bonds is 3. The molecular formula is C12H16N2O. The Bertz CT molecular complexity index is 394. The molecule has 0 N–H and O–H groups in total. The molecular weight excluding hydrogens is 188 g/mol. The summed E-state index contributed by atoms with van der Waals surface area (Å²) in [4.78, 5) is 17.8. The Morgan fingerprint density at radius 3 is 2.60 bits per heavy atom. The maximum Gasteiger partial charge on any atom is 0.191 e. The summed E-state index contributed by atoms with van der Waals surface area (Å²) < 4.78 is 0. The molecule has 1 aromatic heterocycles. The predicted octanol–water partition coefficient (Wildman–Crippen LogP) is 2.04. The van der Waals surface area contributed by atoms with Gasteiger partial charge in [0.05, 0.1) is 0 Å².